The van der Waals surface area contributed by atoms with Crippen LogP contribution < -0.4 is 21.5 Å². The van der Waals surface area contributed by atoms with Gasteiger partial charge in [-0.3, -0.25) is 5.43 Å². The van der Waals surface area contributed by atoms with E-state index in [4.69, 9.17) is 5.84 Å². The van der Waals surface area contributed by atoms with E-state index in [0.717, 1.165) is 38.8 Å². The lowest BCUT2D eigenvalue weighted by Gasteiger charge is -2.17. The van der Waals surface area contributed by atoms with Crippen LogP contribution in [-0.4, -0.2) is 45.8 Å². The number of aliphatic hydroxyl groups is 1. The molecule has 5 N–H and O–H groups in total. The summed E-state index contributed by atoms with van der Waals surface area (Å²) in [5.74, 6) is 7.25. The van der Waals surface area contributed by atoms with Crippen molar-refractivity contribution in [2.75, 3.05) is 35.3 Å². The summed E-state index contributed by atoms with van der Waals surface area (Å²) in [5, 5.41) is 12.9. The normalized spacial score (nSPS) is 20.0. The van der Waals surface area contributed by atoms with Crippen molar-refractivity contribution in [2.45, 2.75) is 31.8 Å². The molecule has 0 spiro atoms. The molecule has 2 heterocycles. The third kappa shape index (κ3) is 3.07. The fraction of sp³-hybridized carbons (Fsp3) is 0.750. The van der Waals surface area contributed by atoms with Crippen molar-refractivity contribution in [3.05, 3.63) is 0 Å². The molecule has 3 rings (SSSR count). The molecule has 1 aliphatic heterocycles. The van der Waals surface area contributed by atoms with Gasteiger partial charge < -0.3 is 15.3 Å². The van der Waals surface area contributed by atoms with Crippen molar-refractivity contribution in [3.8, 4) is 0 Å². The quantitative estimate of drug-likeness (QED) is 0.423. The highest BCUT2D eigenvalue weighted by atomic mass is 16.3. The molecule has 2 fully saturated rings. The number of nitrogens with two attached hydrogens (primary N) is 1. The Morgan fingerprint density at radius 3 is 2.55 bits per heavy atom. The molecule has 1 saturated carbocycles. The molecule has 0 bridgehead atoms. The van der Waals surface area contributed by atoms with E-state index in [9.17, 15) is 5.11 Å². The molecule has 0 amide bonds. The van der Waals surface area contributed by atoms with Gasteiger partial charge in [0.15, 0.2) is 0 Å². The van der Waals surface area contributed by atoms with Crippen LogP contribution in [0.4, 0.5) is 17.8 Å². The second kappa shape index (κ2) is 5.76. The monoisotopic (exact) mass is 279 g/mol. The van der Waals surface area contributed by atoms with Crippen LogP contribution >= 0.6 is 0 Å². The second-order valence-corrected chi connectivity index (χ2v) is 5.41. The average Bonchev–Trinajstić information content (AvgIpc) is 3.19. The van der Waals surface area contributed by atoms with Gasteiger partial charge in [-0.15, -0.1) is 0 Å². The van der Waals surface area contributed by atoms with Gasteiger partial charge >= 0.3 is 0 Å². The number of aliphatic hydroxyl groups excluding tert-OH is 1. The molecule has 110 valence electrons. The molecule has 0 radical (unpaired) electrons. The third-order valence-electron chi connectivity index (χ3n) is 3.78. The molecule has 0 aromatic carbocycles. The molecule has 1 unspecified atom stereocenters. The molecule has 20 heavy (non-hydrogen) atoms. The van der Waals surface area contributed by atoms with E-state index in [1.165, 1.54) is 0 Å². The number of hydrazine groups is 1. The lowest BCUT2D eigenvalue weighted by atomic mass is 10.2. The zero-order valence-electron chi connectivity index (χ0n) is 11.4. The van der Waals surface area contributed by atoms with E-state index in [0.29, 0.717) is 30.3 Å². The highest BCUT2D eigenvalue weighted by Crippen LogP contribution is 2.32. The van der Waals surface area contributed by atoms with Crippen molar-refractivity contribution in [2.24, 2.45) is 11.8 Å². The number of hydrogen-bond donors (Lipinski definition) is 4. The first-order valence-corrected chi connectivity index (χ1v) is 7.16. The smallest absolute Gasteiger partial charge is 0.243 e. The van der Waals surface area contributed by atoms with Gasteiger partial charge in [-0.1, -0.05) is 0 Å². The maximum Gasteiger partial charge on any atom is 0.243 e. The van der Waals surface area contributed by atoms with Crippen molar-refractivity contribution >= 4 is 17.8 Å². The first-order valence-electron chi connectivity index (χ1n) is 7.16. The SMILES string of the molecule is NNc1nc(NCC(O)C2CC2)nc(N2CCCC2)n1. The number of nitrogen functional groups attached to an aromatic ring is 1. The van der Waals surface area contributed by atoms with E-state index >= 15 is 0 Å². The Morgan fingerprint density at radius 2 is 1.90 bits per heavy atom. The highest BCUT2D eigenvalue weighted by molar-refractivity contribution is 5.43. The molecule has 1 atom stereocenters. The van der Waals surface area contributed by atoms with E-state index < -0.39 is 0 Å². The van der Waals surface area contributed by atoms with Gasteiger partial charge in [0, 0.05) is 19.6 Å². The van der Waals surface area contributed by atoms with Gasteiger partial charge in [0.2, 0.25) is 17.8 Å². The van der Waals surface area contributed by atoms with Crippen LogP contribution in [0.3, 0.4) is 0 Å². The Labute approximate surface area is 117 Å². The third-order valence-corrected chi connectivity index (χ3v) is 3.78. The Bertz CT molecular complexity index is 459. The molecule has 1 aliphatic carbocycles. The molecular weight excluding hydrogens is 258 g/mol. The van der Waals surface area contributed by atoms with Crippen LogP contribution in [0.15, 0.2) is 0 Å². The molecular formula is C12H21N7O. The minimum Gasteiger partial charge on any atom is -0.391 e. The predicted octanol–water partition coefficient (Wildman–Crippen LogP) is -0.0598. The van der Waals surface area contributed by atoms with Gasteiger partial charge in [0.1, 0.15) is 0 Å². The summed E-state index contributed by atoms with van der Waals surface area (Å²) in [5.41, 5.74) is 2.46. The number of anilines is 3. The molecule has 2 aliphatic rings. The summed E-state index contributed by atoms with van der Waals surface area (Å²) in [4.78, 5) is 15.0. The van der Waals surface area contributed by atoms with E-state index in [2.05, 4.69) is 30.6 Å². The summed E-state index contributed by atoms with van der Waals surface area (Å²) < 4.78 is 0. The first kappa shape index (κ1) is 13.3. The summed E-state index contributed by atoms with van der Waals surface area (Å²) >= 11 is 0. The first-order chi connectivity index (χ1) is 9.76. The van der Waals surface area contributed by atoms with E-state index in [-0.39, 0.29) is 6.10 Å². The molecule has 8 heteroatoms. The zero-order valence-corrected chi connectivity index (χ0v) is 11.4. The minimum atomic E-state index is -0.337. The van der Waals surface area contributed by atoms with Crippen molar-refractivity contribution in [1.29, 1.82) is 0 Å². The maximum absolute atomic E-state index is 9.87. The lowest BCUT2D eigenvalue weighted by Crippen LogP contribution is -2.25. The fourth-order valence-electron chi connectivity index (χ4n) is 2.41. The number of nitrogens with one attached hydrogen (secondary N) is 2. The largest absolute Gasteiger partial charge is 0.391 e. The van der Waals surface area contributed by atoms with Gasteiger partial charge in [0.25, 0.3) is 0 Å². The van der Waals surface area contributed by atoms with Crippen LogP contribution in [0.5, 0.6) is 0 Å². The number of rotatable bonds is 6. The number of aromatic nitrogens is 3. The Morgan fingerprint density at radius 1 is 1.20 bits per heavy atom. The van der Waals surface area contributed by atoms with E-state index in [1.807, 2.05) is 0 Å². The van der Waals surface area contributed by atoms with Crippen LogP contribution in [0.25, 0.3) is 0 Å². The number of nitrogens with zero attached hydrogens (tertiary/aromatic N) is 4. The van der Waals surface area contributed by atoms with Crippen LogP contribution in [0.2, 0.25) is 0 Å². The Kier molecular flexibility index (Phi) is 3.83. The molecule has 1 saturated heterocycles. The van der Waals surface area contributed by atoms with Crippen molar-refractivity contribution < 1.29 is 5.11 Å². The standard InChI is InChI=1S/C12H21N7O/c13-18-11-15-10(14-7-9(20)8-3-4-8)16-12(17-11)19-5-1-2-6-19/h8-9,20H,1-7,13H2,(H2,14,15,16,17,18). The summed E-state index contributed by atoms with van der Waals surface area (Å²) in [6, 6.07) is 0. The van der Waals surface area contributed by atoms with Gasteiger partial charge in [-0.05, 0) is 31.6 Å². The van der Waals surface area contributed by atoms with Crippen molar-refractivity contribution in [3.63, 3.8) is 0 Å². The number of hydrogen-bond acceptors (Lipinski definition) is 8. The van der Waals surface area contributed by atoms with Gasteiger partial charge in [-0.25, -0.2) is 5.84 Å². The van der Waals surface area contributed by atoms with Crippen LogP contribution in [0, 0.1) is 5.92 Å². The van der Waals surface area contributed by atoms with Crippen LogP contribution in [-0.2, 0) is 0 Å². The average molecular weight is 279 g/mol. The molecule has 1 aromatic rings. The summed E-state index contributed by atoms with van der Waals surface area (Å²) in [7, 11) is 0. The lowest BCUT2D eigenvalue weighted by molar-refractivity contribution is 0.164. The topological polar surface area (TPSA) is 112 Å². The predicted molar refractivity (Wildman–Crippen MR) is 76.3 cm³/mol. The summed E-state index contributed by atoms with van der Waals surface area (Å²) in [6.45, 7) is 2.37. The van der Waals surface area contributed by atoms with Gasteiger partial charge in [-0.2, -0.15) is 15.0 Å². The fourth-order valence-corrected chi connectivity index (χ4v) is 2.41. The highest BCUT2D eigenvalue weighted by Gasteiger charge is 2.29. The molecule has 8 nitrogen and oxygen atoms in total. The Balaban J connectivity index is 1.69. The minimum absolute atomic E-state index is 0.337. The van der Waals surface area contributed by atoms with Gasteiger partial charge in [0.05, 0.1) is 6.10 Å². The second-order valence-electron chi connectivity index (χ2n) is 5.41. The van der Waals surface area contributed by atoms with Crippen LogP contribution in [0.1, 0.15) is 25.7 Å². The Hall–Kier alpha value is -1.67. The maximum atomic E-state index is 9.87. The van der Waals surface area contributed by atoms with E-state index in [1.54, 1.807) is 0 Å². The zero-order chi connectivity index (χ0) is 13.9. The van der Waals surface area contributed by atoms with Crippen molar-refractivity contribution in [1.82, 2.24) is 15.0 Å². The summed E-state index contributed by atoms with van der Waals surface area (Å²) in [6.07, 6.45) is 4.18. The molecule has 1 aromatic heterocycles.